The third-order valence-corrected chi connectivity index (χ3v) is 3.21. The van der Waals surface area contributed by atoms with Crippen LogP contribution in [0.15, 0.2) is 24.3 Å². The zero-order valence-electron chi connectivity index (χ0n) is 9.41. The van der Waals surface area contributed by atoms with Gasteiger partial charge < -0.3 is 10.6 Å². The van der Waals surface area contributed by atoms with Gasteiger partial charge in [0.05, 0.1) is 5.92 Å². The van der Waals surface area contributed by atoms with Crippen molar-refractivity contribution in [3.63, 3.8) is 0 Å². The highest BCUT2D eigenvalue weighted by atomic mass is 35.5. The fourth-order valence-corrected chi connectivity index (χ4v) is 2.05. The van der Waals surface area contributed by atoms with Crippen molar-refractivity contribution in [1.82, 2.24) is 10.6 Å². The minimum absolute atomic E-state index is 0. The van der Waals surface area contributed by atoms with Gasteiger partial charge in [0.25, 0.3) is 0 Å². The second kappa shape index (κ2) is 6.84. The van der Waals surface area contributed by atoms with Gasteiger partial charge in [-0.3, -0.25) is 4.79 Å². The van der Waals surface area contributed by atoms with E-state index >= 15 is 0 Å². The number of hydrogen-bond acceptors (Lipinski definition) is 2. The third kappa shape index (κ3) is 3.87. The molecule has 2 rings (SSSR count). The quantitative estimate of drug-likeness (QED) is 0.885. The van der Waals surface area contributed by atoms with Gasteiger partial charge in [-0.2, -0.15) is 0 Å². The van der Waals surface area contributed by atoms with E-state index in [1.54, 1.807) is 0 Å². The highest BCUT2D eigenvalue weighted by Gasteiger charge is 2.21. The summed E-state index contributed by atoms with van der Waals surface area (Å²) in [6.07, 6.45) is 0.925. The Morgan fingerprint density at radius 2 is 2.24 bits per heavy atom. The predicted octanol–water partition coefficient (Wildman–Crippen LogP) is 1.99. The molecule has 0 radical (unpaired) electrons. The fraction of sp³-hybridized carbons (Fsp3) is 0.417. The molecule has 0 aromatic heterocycles. The Hall–Kier alpha value is -0.770. The topological polar surface area (TPSA) is 41.1 Å². The van der Waals surface area contributed by atoms with Gasteiger partial charge in [-0.05, 0) is 24.6 Å². The van der Waals surface area contributed by atoms with Crippen molar-refractivity contribution in [1.29, 1.82) is 0 Å². The minimum Gasteiger partial charge on any atom is -0.352 e. The summed E-state index contributed by atoms with van der Waals surface area (Å²) in [7, 11) is 0. The molecule has 0 bridgehead atoms. The zero-order valence-corrected chi connectivity index (χ0v) is 11.0. The Morgan fingerprint density at radius 3 is 2.88 bits per heavy atom. The molecular formula is C12H16Cl2N2O. The van der Waals surface area contributed by atoms with Crippen LogP contribution < -0.4 is 10.6 Å². The Labute approximate surface area is 112 Å². The molecule has 0 spiro atoms. The van der Waals surface area contributed by atoms with Gasteiger partial charge in [-0.1, -0.05) is 29.8 Å². The largest absolute Gasteiger partial charge is 0.352 e. The number of hydrogen-bond donors (Lipinski definition) is 2. The molecule has 1 fully saturated rings. The molecular weight excluding hydrogens is 259 g/mol. The van der Waals surface area contributed by atoms with Crippen molar-refractivity contribution < 1.29 is 4.79 Å². The number of amides is 1. The van der Waals surface area contributed by atoms with Crippen LogP contribution in [0.5, 0.6) is 0 Å². The van der Waals surface area contributed by atoms with Crippen molar-refractivity contribution in [2.24, 2.45) is 5.92 Å². The molecule has 1 aromatic rings. The predicted molar refractivity (Wildman–Crippen MR) is 71.5 cm³/mol. The first-order valence-electron chi connectivity index (χ1n) is 5.49. The maximum atomic E-state index is 11.7. The van der Waals surface area contributed by atoms with E-state index in [2.05, 4.69) is 10.6 Å². The lowest BCUT2D eigenvalue weighted by atomic mass is 10.1. The Bertz CT molecular complexity index is 379. The molecule has 1 atom stereocenters. The molecule has 1 aliphatic heterocycles. The molecule has 3 nitrogen and oxygen atoms in total. The van der Waals surface area contributed by atoms with E-state index in [0.717, 1.165) is 25.1 Å². The van der Waals surface area contributed by atoms with E-state index in [1.807, 2.05) is 24.3 Å². The average molecular weight is 275 g/mol. The van der Waals surface area contributed by atoms with Gasteiger partial charge in [0.1, 0.15) is 0 Å². The van der Waals surface area contributed by atoms with Crippen molar-refractivity contribution >= 4 is 29.9 Å². The van der Waals surface area contributed by atoms with Gasteiger partial charge in [0, 0.05) is 18.1 Å². The molecule has 94 valence electrons. The van der Waals surface area contributed by atoms with Crippen LogP contribution in [0.1, 0.15) is 12.0 Å². The average Bonchev–Trinajstić information content (AvgIpc) is 2.81. The second-order valence-corrected chi connectivity index (χ2v) is 4.41. The standard InChI is InChI=1S/C12H15ClN2O.ClH/c13-11-4-2-1-3-9(11)8-15-12(16)10-5-6-14-7-10;/h1-4,10,14H,5-8H2,(H,15,16);1H. The number of halogens is 2. The van der Waals surface area contributed by atoms with Crippen LogP contribution in [0.3, 0.4) is 0 Å². The van der Waals surface area contributed by atoms with Crippen molar-refractivity contribution in [2.45, 2.75) is 13.0 Å². The summed E-state index contributed by atoms with van der Waals surface area (Å²) >= 11 is 6.00. The molecule has 0 aliphatic carbocycles. The first-order valence-corrected chi connectivity index (χ1v) is 5.87. The van der Waals surface area contributed by atoms with Crippen LogP contribution in [0.4, 0.5) is 0 Å². The summed E-state index contributed by atoms with van der Waals surface area (Å²) in [5.41, 5.74) is 0.962. The van der Waals surface area contributed by atoms with Crippen molar-refractivity contribution in [3.8, 4) is 0 Å². The number of nitrogens with one attached hydrogen (secondary N) is 2. The third-order valence-electron chi connectivity index (χ3n) is 2.84. The lowest BCUT2D eigenvalue weighted by molar-refractivity contribution is -0.124. The second-order valence-electron chi connectivity index (χ2n) is 4.00. The van der Waals surface area contributed by atoms with E-state index in [4.69, 9.17) is 11.6 Å². The molecule has 5 heteroatoms. The molecule has 1 aromatic carbocycles. The summed E-state index contributed by atoms with van der Waals surface area (Å²) in [5.74, 6) is 0.229. The highest BCUT2D eigenvalue weighted by molar-refractivity contribution is 6.31. The van der Waals surface area contributed by atoms with Crippen LogP contribution in [-0.2, 0) is 11.3 Å². The minimum atomic E-state index is 0. The zero-order chi connectivity index (χ0) is 11.4. The van der Waals surface area contributed by atoms with E-state index < -0.39 is 0 Å². The number of benzene rings is 1. The Kier molecular flexibility index (Phi) is 5.75. The Morgan fingerprint density at radius 1 is 1.47 bits per heavy atom. The van der Waals surface area contributed by atoms with E-state index in [9.17, 15) is 4.79 Å². The monoisotopic (exact) mass is 274 g/mol. The van der Waals surface area contributed by atoms with Crippen LogP contribution in [0, 0.1) is 5.92 Å². The molecule has 1 aliphatic rings. The van der Waals surface area contributed by atoms with Crippen LogP contribution in [0.2, 0.25) is 5.02 Å². The summed E-state index contributed by atoms with van der Waals surface area (Å²) in [5, 5.41) is 6.80. The van der Waals surface area contributed by atoms with Crippen LogP contribution >= 0.6 is 24.0 Å². The van der Waals surface area contributed by atoms with E-state index in [0.29, 0.717) is 11.6 Å². The Balaban J connectivity index is 0.00000144. The maximum Gasteiger partial charge on any atom is 0.224 e. The van der Waals surface area contributed by atoms with Gasteiger partial charge in [-0.25, -0.2) is 0 Å². The maximum absolute atomic E-state index is 11.7. The van der Waals surface area contributed by atoms with Crippen LogP contribution in [-0.4, -0.2) is 19.0 Å². The number of carbonyl (C=O) groups excluding carboxylic acids is 1. The van der Waals surface area contributed by atoms with Gasteiger partial charge in [0.15, 0.2) is 0 Å². The summed E-state index contributed by atoms with van der Waals surface area (Å²) in [4.78, 5) is 11.7. The summed E-state index contributed by atoms with van der Waals surface area (Å²) in [6.45, 7) is 2.23. The molecule has 17 heavy (non-hydrogen) atoms. The molecule has 1 unspecified atom stereocenters. The lowest BCUT2D eigenvalue weighted by Gasteiger charge is -2.10. The smallest absolute Gasteiger partial charge is 0.224 e. The number of rotatable bonds is 3. The SMILES string of the molecule is Cl.O=C(NCc1ccccc1Cl)C1CCNC1. The summed E-state index contributed by atoms with van der Waals surface area (Å²) in [6, 6.07) is 7.56. The van der Waals surface area contributed by atoms with Crippen LogP contribution in [0.25, 0.3) is 0 Å². The lowest BCUT2D eigenvalue weighted by Crippen LogP contribution is -2.31. The molecule has 1 amide bonds. The molecule has 1 heterocycles. The molecule has 2 N–H and O–H groups in total. The van der Waals surface area contributed by atoms with Gasteiger partial charge in [-0.15, -0.1) is 12.4 Å². The number of carbonyl (C=O) groups is 1. The fourth-order valence-electron chi connectivity index (χ4n) is 1.85. The first-order chi connectivity index (χ1) is 7.77. The van der Waals surface area contributed by atoms with Crippen molar-refractivity contribution in [2.75, 3.05) is 13.1 Å². The molecule has 0 saturated carbocycles. The van der Waals surface area contributed by atoms with Gasteiger partial charge in [0.2, 0.25) is 5.91 Å². The van der Waals surface area contributed by atoms with Gasteiger partial charge >= 0.3 is 0 Å². The molecule has 1 saturated heterocycles. The summed E-state index contributed by atoms with van der Waals surface area (Å²) < 4.78 is 0. The van der Waals surface area contributed by atoms with Crippen molar-refractivity contribution in [3.05, 3.63) is 34.9 Å². The van der Waals surface area contributed by atoms with E-state index in [-0.39, 0.29) is 24.2 Å². The van der Waals surface area contributed by atoms with E-state index in [1.165, 1.54) is 0 Å². The first kappa shape index (κ1) is 14.3. The highest BCUT2D eigenvalue weighted by Crippen LogP contribution is 2.15. The normalized spacial score (nSPS) is 18.5.